The van der Waals surface area contributed by atoms with Gasteiger partial charge in [0.2, 0.25) is 0 Å². The molecule has 7 heteroatoms. The highest BCUT2D eigenvalue weighted by Gasteiger charge is 2.40. The second kappa shape index (κ2) is 10.5. The second-order valence-corrected chi connectivity index (χ2v) is 11.9. The summed E-state index contributed by atoms with van der Waals surface area (Å²) < 4.78 is 21.3. The Morgan fingerprint density at radius 1 is 0.902 bits per heavy atom. The molecule has 0 bridgehead atoms. The van der Waals surface area contributed by atoms with Crippen molar-refractivity contribution in [1.29, 1.82) is 0 Å². The first-order valence-corrected chi connectivity index (χ1v) is 14.2. The number of ether oxygens (including phenoxy) is 1. The summed E-state index contributed by atoms with van der Waals surface area (Å²) in [5.41, 5.74) is 8.17. The molecule has 3 aromatic carbocycles. The second-order valence-electron chi connectivity index (χ2n) is 11.9. The van der Waals surface area contributed by atoms with Crippen LogP contribution in [-0.2, 0) is 20.5 Å². The predicted molar refractivity (Wildman–Crippen MR) is 163 cm³/mol. The number of benzene rings is 3. The van der Waals surface area contributed by atoms with Crippen LogP contribution < -0.4 is 15.3 Å². The van der Waals surface area contributed by atoms with Crippen molar-refractivity contribution in [2.75, 3.05) is 36.1 Å². The zero-order chi connectivity index (χ0) is 28.8. The Morgan fingerprint density at radius 2 is 1.54 bits per heavy atom. The lowest BCUT2D eigenvalue weighted by atomic mass is 9.83. The Labute approximate surface area is 241 Å². The number of nitrogens with one attached hydrogen (secondary N) is 1. The van der Waals surface area contributed by atoms with Crippen molar-refractivity contribution in [2.24, 2.45) is 4.99 Å². The van der Waals surface area contributed by atoms with E-state index in [0.29, 0.717) is 43.4 Å². The van der Waals surface area contributed by atoms with Gasteiger partial charge in [0.05, 0.1) is 30.1 Å². The molecule has 3 aliphatic rings. The molecule has 1 fully saturated rings. The summed E-state index contributed by atoms with van der Waals surface area (Å²) in [5, 5.41) is 0. The van der Waals surface area contributed by atoms with E-state index in [9.17, 15) is 0 Å². The smallest absolute Gasteiger partial charge is 0.186 e. The molecule has 212 valence electrons. The predicted octanol–water partition coefficient (Wildman–Crippen LogP) is 6.55. The van der Waals surface area contributed by atoms with Gasteiger partial charge in [-0.2, -0.15) is 0 Å². The maximum atomic E-state index is 15.8. The molecule has 6 rings (SSSR count). The fraction of sp³-hybridized carbons (Fsp3) is 0.324. The van der Waals surface area contributed by atoms with Gasteiger partial charge in [0.1, 0.15) is 5.82 Å². The first-order chi connectivity index (χ1) is 19.7. The third-order valence-corrected chi connectivity index (χ3v) is 8.57. The van der Waals surface area contributed by atoms with Crippen LogP contribution in [0.3, 0.4) is 0 Å². The number of anilines is 2. The zero-order valence-electron chi connectivity index (χ0n) is 24.2. The van der Waals surface area contributed by atoms with Gasteiger partial charge in [-0.3, -0.25) is 0 Å². The fourth-order valence-corrected chi connectivity index (χ4v) is 5.84. The Kier molecular flexibility index (Phi) is 6.96. The third kappa shape index (κ3) is 4.83. The maximum Gasteiger partial charge on any atom is 0.186 e. The first kappa shape index (κ1) is 27.2. The van der Waals surface area contributed by atoms with E-state index in [1.165, 1.54) is 0 Å². The number of halogens is 1. The first-order valence-electron chi connectivity index (χ1n) is 14.2. The molecule has 1 unspecified atom stereocenters. The van der Waals surface area contributed by atoms with E-state index in [4.69, 9.17) is 14.6 Å². The molecule has 0 spiro atoms. The lowest BCUT2D eigenvalue weighted by molar-refractivity contribution is -0.00364. The molecule has 3 heterocycles. The third-order valence-electron chi connectivity index (χ3n) is 8.57. The molecule has 0 radical (unpaired) electrons. The zero-order valence-corrected chi connectivity index (χ0v) is 24.2. The minimum absolute atomic E-state index is 0.272. The molecule has 1 saturated heterocycles. The maximum absolute atomic E-state index is 15.8. The van der Waals surface area contributed by atoms with Crippen LogP contribution in [0, 0.1) is 5.82 Å². The van der Waals surface area contributed by atoms with E-state index >= 15 is 4.39 Å². The van der Waals surface area contributed by atoms with Crippen molar-refractivity contribution in [3.63, 3.8) is 0 Å². The summed E-state index contributed by atoms with van der Waals surface area (Å²) in [5.74, 6) is 0.312. The van der Waals surface area contributed by atoms with Crippen LogP contribution in [0.1, 0.15) is 44.4 Å². The van der Waals surface area contributed by atoms with Crippen LogP contribution in [-0.4, -0.2) is 38.4 Å². The molecule has 3 aromatic rings. The van der Waals surface area contributed by atoms with Gasteiger partial charge in [-0.15, -0.1) is 0 Å². The average Bonchev–Trinajstić information content (AvgIpc) is 3.50. The van der Waals surface area contributed by atoms with Crippen LogP contribution in [0.2, 0.25) is 0 Å². The molecule has 1 N–H and O–H groups in total. The lowest BCUT2D eigenvalue weighted by Crippen LogP contribution is -2.41. The number of hydroxylamine groups is 1. The van der Waals surface area contributed by atoms with Crippen molar-refractivity contribution < 1.29 is 14.0 Å². The van der Waals surface area contributed by atoms with E-state index in [2.05, 4.69) is 80.0 Å². The average molecular weight is 553 g/mol. The number of hydrogen-bond donors (Lipinski definition) is 1. The summed E-state index contributed by atoms with van der Waals surface area (Å²) in [4.78, 5) is 15.3. The van der Waals surface area contributed by atoms with Crippen molar-refractivity contribution in [1.82, 2.24) is 5.48 Å². The minimum atomic E-state index is -0.467. The normalized spacial score (nSPS) is 19.4. The Hall–Kier alpha value is -3.94. The molecular formula is C34H37FN4O2. The SMILES string of the molecule is C=C1C(C2=NC(C(C)(C)c3ccccc3)ON2)=CN(C(C)(C)c2ccccc2)c2cc(N3CCOCC3)c(F)cc21. The molecule has 6 nitrogen and oxygen atoms in total. The van der Waals surface area contributed by atoms with Crippen molar-refractivity contribution in [3.05, 3.63) is 114 Å². The summed E-state index contributed by atoms with van der Waals surface area (Å²) in [6.07, 6.45) is 1.62. The van der Waals surface area contributed by atoms with Gasteiger partial charge in [-0.25, -0.2) is 19.7 Å². The van der Waals surface area contributed by atoms with Crippen molar-refractivity contribution in [2.45, 2.75) is 44.9 Å². The Bertz CT molecular complexity index is 1510. The van der Waals surface area contributed by atoms with Gasteiger partial charge >= 0.3 is 0 Å². The number of amidine groups is 1. The Morgan fingerprint density at radius 3 is 2.20 bits per heavy atom. The van der Waals surface area contributed by atoms with E-state index in [-0.39, 0.29) is 11.2 Å². The standard InChI is InChI=1S/C34H37FN4O2/c1-23-26-20-28(35)30(38-16-18-40-19-17-38)21-29(26)39(34(4,5)25-14-10-7-11-15-25)22-27(23)31-36-32(41-37-31)33(2,3)24-12-8-6-9-13-24/h6-15,20-22,32H,1,16-19H2,2-5H3,(H,36,37). The quantitative estimate of drug-likeness (QED) is 0.376. The number of rotatable bonds is 6. The summed E-state index contributed by atoms with van der Waals surface area (Å²) in [6.45, 7) is 15.5. The number of aliphatic imine (C=N–C) groups is 1. The van der Waals surface area contributed by atoms with Gasteiger partial charge in [0.15, 0.2) is 12.1 Å². The van der Waals surface area contributed by atoms with Crippen LogP contribution >= 0.6 is 0 Å². The molecule has 1 atom stereocenters. The van der Waals surface area contributed by atoms with E-state index in [1.54, 1.807) is 6.07 Å². The summed E-state index contributed by atoms with van der Waals surface area (Å²) in [6, 6.07) is 24.1. The highest BCUT2D eigenvalue weighted by molar-refractivity contribution is 6.14. The van der Waals surface area contributed by atoms with E-state index < -0.39 is 11.8 Å². The highest BCUT2D eigenvalue weighted by Crippen LogP contribution is 2.46. The molecule has 0 aliphatic carbocycles. The minimum Gasteiger partial charge on any atom is -0.378 e. The molecule has 3 aliphatic heterocycles. The van der Waals surface area contributed by atoms with Gasteiger partial charge in [0, 0.05) is 35.8 Å². The van der Waals surface area contributed by atoms with E-state index in [0.717, 1.165) is 28.0 Å². The summed E-state index contributed by atoms with van der Waals surface area (Å²) in [7, 11) is 0. The summed E-state index contributed by atoms with van der Waals surface area (Å²) >= 11 is 0. The van der Waals surface area contributed by atoms with Crippen LogP contribution in [0.15, 0.2) is 96.1 Å². The Balaban J connectivity index is 1.45. The number of morpholine rings is 1. The number of fused-ring (bicyclic) bond motifs is 1. The van der Waals surface area contributed by atoms with Gasteiger partial charge < -0.3 is 14.5 Å². The van der Waals surface area contributed by atoms with Crippen molar-refractivity contribution >= 4 is 22.8 Å². The fourth-order valence-electron chi connectivity index (χ4n) is 5.84. The molecule has 41 heavy (non-hydrogen) atoms. The van der Waals surface area contributed by atoms with Crippen LogP contribution in [0.25, 0.3) is 5.57 Å². The molecule has 0 saturated carbocycles. The molecule has 0 amide bonds. The topological polar surface area (TPSA) is 49.3 Å². The molecule has 0 aromatic heterocycles. The number of nitrogens with zero attached hydrogens (tertiary/aromatic N) is 3. The van der Waals surface area contributed by atoms with Gasteiger partial charge in [-0.05, 0) is 42.7 Å². The number of hydrogen-bond acceptors (Lipinski definition) is 6. The van der Waals surface area contributed by atoms with Crippen molar-refractivity contribution in [3.8, 4) is 0 Å². The highest BCUT2D eigenvalue weighted by atomic mass is 19.1. The van der Waals surface area contributed by atoms with E-state index in [1.807, 2.05) is 42.5 Å². The lowest BCUT2D eigenvalue weighted by Gasteiger charge is -2.43. The molecular weight excluding hydrogens is 515 g/mol. The van der Waals surface area contributed by atoms with Crippen LogP contribution in [0.4, 0.5) is 15.8 Å². The van der Waals surface area contributed by atoms with Gasteiger partial charge in [0.25, 0.3) is 0 Å². The monoisotopic (exact) mass is 552 g/mol. The largest absolute Gasteiger partial charge is 0.378 e. The van der Waals surface area contributed by atoms with Gasteiger partial charge in [-0.1, -0.05) is 81.1 Å². The van der Waals surface area contributed by atoms with Crippen LogP contribution in [0.5, 0.6) is 0 Å².